The van der Waals surface area contributed by atoms with Crippen molar-refractivity contribution in [3.8, 4) is 11.1 Å². The first-order chi connectivity index (χ1) is 13.2. The summed E-state index contributed by atoms with van der Waals surface area (Å²) in [4.78, 5) is 20.8. The minimum atomic E-state index is -5.16. The summed E-state index contributed by atoms with van der Waals surface area (Å²) < 4.78 is 38.9. The quantitative estimate of drug-likeness (QED) is 0.457. The van der Waals surface area contributed by atoms with Crippen molar-refractivity contribution in [3.63, 3.8) is 0 Å². The highest BCUT2D eigenvalue weighted by Crippen LogP contribution is 2.60. The molecule has 0 radical (unpaired) electrons. The first-order valence-electron chi connectivity index (χ1n) is 8.23. The van der Waals surface area contributed by atoms with Gasteiger partial charge in [-0.1, -0.05) is 84.9 Å². The molecule has 7 nitrogen and oxygen atoms in total. The molecule has 0 saturated heterocycles. The lowest BCUT2D eigenvalue weighted by Gasteiger charge is -2.36. The van der Waals surface area contributed by atoms with E-state index in [4.69, 9.17) is 5.14 Å². The summed E-state index contributed by atoms with van der Waals surface area (Å²) in [6.45, 7) is 0. The molecule has 3 aromatic rings. The first-order valence-corrected chi connectivity index (χ1v) is 11.4. The summed E-state index contributed by atoms with van der Waals surface area (Å²) in [5.41, 5.74) is 1.30. The molecule has 0 aliphatic rings. The molecule has 3 aromatic carbocycles. The van der Waals surface area contributed by atoms with E-state index in [-0.39, 0.29) is 11.1 Å². The van der Waals surface area contributed by atoms with E-state index < -0.39 is 23.1 Å². The van der Waals surface area contributed by atoms with E-state index in [2.05, 4.69) is 0 Å². The van der Waals surface area contributed by atoms with Crippen LogP contribution in [0.25, 0.3) is 11.1 Å². The van der Waals surface area contributed by atoms with Crippen LogP contribution in [0.3, 0.4) is 0 Å². The molecule has 0 spiro atoms. The van der Waals surface area contributed by atoms with Gasteiger partial charge in [0.2, 0.25) is 0 Å². The van der Waals surface area contributed by atoms with E-state index in [1.165, 1.54) is 18.2 Å². The van der Waals surface area contributed by atoms with E-state index in [1.807, 2.05) is 10.8 Å². The molecule has 5 N–H and O–H groups in total. The van der Waals surface area contributed by atoms with Crippen LogP contribution in [0.1, 0.15) is 11.1 Å². The van der Waals surface area contributed by atoms with E-state index in [0.29, 0.717) is 11.1 Å². The van der Waals surface area contributed by atoms with Crippen molar-refractivity contribution in [3.05, 3.63) is 96.1 Å². The summed E-state index contributed by atoms with van der Waals surface area (Å²) in [6, 6.07) is 23.0. The van der Waals surface area contributed by atoms with Crippen LogP contribution < -0.4 is 9.86 Å². The minimum Gasteiger partial charge on any atom is -0.323 e. The Labute approximate surface area is 163 Å². The maximum absolute atomic E-state index is 12.8. The largest absolute Gasteiger partial charge is 0.355 e. The Morgan fingerprint density at radius 3 is 1.86 bits per heavy atom. The third-order valence-corrected chi connectivity index (χ3v) is 6.55. The lowest BCUT2D eigenvalue weighted by molar-refractivity contribution is 0.332. The Morgan fingerprint density at radius 1 is 0.821 bits per heavy atom. The number of nitrogens with one attached hydrogen (secondary N) is 1. The highest BCUT2D eigenvalue weighted by Gasteiger charge is 2.53. The normalized spacial score (nSPS) is 14.4. The first kappa shape index (κ1) is 20.4. The topological polar surface area (TPSA) is 130 Å². The molecular formula is C19H19N2O5PS. The lowest BCUT2D eigenvalue weighted by Crippen LogP contribution is -2.49. The van der Waals surface area contributed by atoms with Gasteiger partial charge in [0.15, 0.2) is 5.28 Å². The smallest absolute Gasteiger partial charge is 0.323 e. The van der Waals surface area contributed by atoms with Crippen molar-refractivity contribution in [2.75, 3.05) is 0 Å². The van der Waals surface area contributed by atoms with Crippen LogP contribution >= 0.6 is 7.60 Å². The summed E-state index contributed by atoms with van der Waals surface area (Å²) in [6.07, 6.45) is 0. The fourth-order valence-corrected chi connectivity index (χ4v) is 5.70. The third-order valence-electron chi connectivity index (χ3n) is 4.32. The van der Waals surface area contributed by atoms with Crippen molar-refractivity contribution < 1.29 is 22.8 Å². The van der Waals surface area contributed by atoms with Gasteiger partial charge >= 0.3 is 7.60 Å². The number of hydrogen-bond donors (Lipinski definition) is 4. The highest BCUT2D eigenvalue weighted by molar-refractivity contribution is 7.87. The highest BCUT2D eigenvalue weighted by atomic mass is 32.2. The van der Waals surface area contributed by atoms with Crippen LogP contribution in [-0.4, -0.2) is 18.2 Å². The molecule has 0 saturated carbocycles. The Morgan fingerprint density at radius 2 is 1.32 bits per heavy atom. The Bertz CT molecular complexity index is 1120. The van der Waals surface area contributed by atoms with E-state index in [9.17, 15) is 22.8 Å². The maximum Gasteiger partial charge on any atom is 0.355 e. The third kappa shape index (κ3) is 3.93. The molecule has 0 fully saturated rings. The van der Waals surface area contributed by atoms with Crippen LogP contribution in [-0.2, 0) is 20.1 Å². The molecule has 1 atom stereocenters. The average Bonchev–Trinajstić information content (AvgIpc) is 2.66. The Balaban J connectivity index is 2.44. The van der Waals surface area contributed by atoms with Gasteiger partial charge in [-0.05, 0) is 22.3 Å². The van der Waals surface area contributed by atoms with Gasteiger partial charge in [0.25, 0.3) is 10.2 Å². The fraction of sp³-hybridized carbons (Fsp3) is 0.0526. The number of hydrogen-bond acceptors (Lipinski definition) is 3. The second-order valence-electron chi connectivity index (χ2n) is 6.18. The summed E-state index contributed by atoms with van der Waals surface area (Å²) >= 11 is 0. The zero-order valence-corrected chi connectivity index (χ0v) is 16.3. The molecule has 0 aromatic heterocycles. The molecule has 3 rings (SSSR count). The van der Waals surface area contributed by atoms with Crippen LogP contribution in [0.4, 0.5) is 0 Å². The van der Waals surface area contributed by atoms with Crippen LogP contribution in [0.2, 0.25) is 0 Å². The fourth-order valence-electron chi connectivity index (χ4n) is 3.21. The second kappa shape index (κ2) is 7.60. The summed E-state index contributed by atoms with van der Waals surface area (Å²) in [5, 5.41) is 2.80. The zero-order chi connectivity index (χ0) is 20.4. The minimum absolute atomic E-state index is 0.0701. The van der Waals surface area contributed by atoms with E-state index >= 15 is 0 Å². The summed E-state index contributed by atoms with van der Waals surface area (Å²) in [5.74, 6) is 0. The van der Waals surface area contributed by atoms with Crippen molar-refractivity contribution >= 4 is 17.8 Å². The molecule has 0 aliphatic heterocycles. The molecular weight excluding hydrogens is 399 g/mol. The lowest BCUT2D eigenvalue weighted by atomic mass is 9.91. The van der Waals surface area contributed by atoms with Crippen molar-refractivity contribution in [2.45, 2.75) is 5.28 Å². The predicted octanol–water partition coefficient (Wildman–Crippen LogP) is 2.53. The van der Waals surface area contributed by atoms with Crippen molar-refractivity contribution in [1.29, 1.82) is 0 Å². The number of benzene rings is 3. The van der Waals surface area contributed by atoms with E-state index in [1.54, 1.807) is 60.7 Å². The zero-order valence-electron chi connectivity index (χ0n) is 14.6. The molecule has 0 aliphatic carbocycles. The average molecular weight is 418 g/mol. The standard InChI is InChI=1S/C19H19N2O5PS/c20-28(25,26)21-19(27(22,23)24,16-11-5-2-6-12-16)18-14-8-7-13-17(18)15-9-3-1-4-10-15/h1-14,21H,(H2,20,25,26)(H2,22,23,24). The van der Waals surface area contributed by atoms with Gasteiger partial charge in [-0.2, -0.15) is 13.1 Å². The monoisotopic (exact) mass is 418 g/mol. The Hall–Kier alpha value is -2.32. The van der Waals surface area contributed by atoms with Gasteiger partial charge in [0.05, 0.1) is 0 Å². The number of nitrogens with two attached hydrogens (primary N) is 1. The molecule has 28 heavy (non-hydrogen) atoms. The van der Waals surface area contributed by atoms with Gasteiger partial charge < -0.3 is 9.79 Å². The van der Waals surface area contributed by atoms with Crippen molar-refractivity contribution in [2.24, 2.45) is 5.14 Å². The van der Waals surface area contributed by atoms with Crippen molar-refractivity contribution in [1.82, 2.24) is 4.72 Å². The summed E-state index contributed by atoms with van der Waals surface area (Å²) in [7, 11) is -9.67. The van der Waals surface area contributed by atoms with Gasteiger partial charge in [0.1, 0.15) is 0 Å². The molecule has 1 unspecified atom stereocenters. The molecule has 0 bridgehead atoms. The van der Waals surface area contributed by atoms with Gasteiger partial charge in [-0.15, -0.1) is 0 Å². The maximum atomic E-state index is 12.8. The molecule has 146 valence electrons. The van der Waals surface area contributed by atoms with Gasteiger partial charge in [0, 0.05) is 0 Å². The van der Waals surface area contributed by atoms with Gasteiger partial charge in [-0.25, -0.2) is 5.14 Å². The molecule has 0 heterocycles. The SMILES string of the molecule is NS(=O)(=O)NC(c1ccccc1)(c1ccccc1-c1ccccc1)P(=O)(O)O. The van der Waals surface area contributed by atoms with Crippen LogP contribution in [0, 0.1) is 0 Å². The molecule has 9 heteroatoms. The Kier molecular flexibility index (Phi) is 5.54. The predicted molar refractivity (Wildman–Crippen MR) is 107 cm³/mol. The number of rotatable bonds is 6. The molecule has 0 amide bonds. The van der Waals surface area contributed by atoms with Crippen LogP contribution in [0.5, 0.6) is 0 Å². The van der Waals surface area contributed by atoms with Gasteiger partial charge in [-0.3, -0.25) is 4.57 Å². The second-order valence-corrected chi connectivity index (χ2v) is 9.23. The van der Waals surface area contributed by atoms with E-state index in [0.717, 1.165) is 0 Å². The van der Waals surface area contributed by atoms with Crippen LogP contribution in [0.15, 0.2) is 84.9 Å².